The monoisotopic (exact) mass is 320 g/mol. The van der Waals surface area contributed by atoms with Crippen LogP contribution in [0.5, 0.6) is 0 Å². The minimum Gasteiger partial charge on any atom is -0.478 e. The highest BCUT2D eigenvalue weighted by molar-refractivity contribution is 6.30. The maximum Gasteiger partial charge on any atom is 0.337 e. The van der Waals surface area contributed by atoms with Gasteiger partial charge in [0.1, 0.15) is 0 Å². The van der Waals surface area contributed by atoms with Crippen molar-refractivity contribution in [1.82, 2.24) is 9.88 Å². The maximum absolute atomic E-state index is 11.7. The zero-order valence-electron chi connectivity index (χ0n) is 13.1. The second-order valence-corrected chi connectivity index (χ2v) is 5.75. The van der Waals surface area contributed by atoms with Gasteiger partial charge in [0.25, 0.3) is 0 Å². The minimum atomic E-state index is -0.887. The number of nitrogens with one attached hydrogen (secondary N) is 1. The lowest BCUT2D eigenvalue weighted by Crippen LogP contribution is -2.16. The van der Waals surface area contributed by atoms with E-state index in [-0.39, 0.29) is 0 Å². The summed E-state index contributed by atoms with van der Waals surface area (Å²) in [6.07, 6.45) is 1.01. The van der Waals surface area contributed by atoms with Crippen molar-refractivity contribution >= 4 is 17.6 Å². The molecule has 2 N–H and O–H groups in total. The molecule has 1 aromatic heterocycles. The van der Waals surface area contributed by atoms with Crippen LogP contribution in [0.15, 0.2) is 24.3 Å². The number of hydrogen-bond donors (Lipinski definition) is 2. The first-order valence-electron chi connectivity index (χ1n) is 7.38. The number of aromatic nitrogens is 1. The van der Waals surface area contributed by atoms with Crippen molar-refractivity contribution in [3.63, 3.8) is 0 Å². The average Bonchev–Trinajstić information content (AvgIpc) is 2.72. The van der Waals surface area contributed by atoms with Crippen molar-refractivity contribution in [2.24, 2.45) is 0 Å². The normalized spacial score (nSPS) is 10.9. The summed E-state index contributed by atoms with van der Waals surface area (Å²) in [5.41, 5.74) is 3.83. The molecule has 4 nitrogen and oxygen atoms in total. The van der Waals surface area contributed by atoms with Gasteiger partial charge in [0.05, 0.1) is 5.56 Å². The Morgan fingerprint density at radius 2 is 1.86 bits per heavy atom. The quantitative estimate of drug-likeness (QED) is 0.792. The van der Waals surface area contributed by atoms with Crippen LogP contribution in [0.4, 0.5) is 0 Å². The third kappa shape index (κ3) is 3.18. The van der Waals surface area contributed by atoms with E-state index in [0.717, 1.165) is 35.6 Å². The second-order valence-electron chi connectivity index (χ2n) is 5.32. The van der Waals surface area contributed by atoms with Crippen LogP contribution in [0.25, 0.3) is 5.69 Å². The summed E-state index contributed by atoms with van der Waals surface area (Å²) in [5.74, 6) is -0.887. The first-order valence-corrected chi connectivity index (χ1v) is 7.75. The molecule has 1 aromatic carbocycles. The highest BCUT2D eigenvalue weighted by Gasteiger charge is 2.22. The Labute approximate surface area is 135 Å². The lowest BCUT2D eigenvalue weighted by Gasteiger charge is -2.10. The Hall–Kier alpha value is -1.78. The van der Waals surface area contributed by atoms with Gasteiger partial charge in [0.15, 0.2) is 0 Å². The first kappa shape index (κ1) is 16.6. The molecule has 0 aliphatic rings. The number of carboxylic acids is 1. The zero-order chi connectivity index (χ0) is 16.3. The third-order valence-electron chi connectivity index (χ3n) is 3.80. The minimum absolute atomic E-state index is 0.385. The molecule has 0 radical (unpaired) electrons. The lowest BCUT2D eigenvalue weighted by molar-refractivity contribution is 0.0695. The molecule has 1 heterocycles. The van der Waals surface area contributed by atoms with Gasteiger partial charge in [0, 0.05) is 34.2 Å². The van der Waals surface area contributed by atoms with Crippen LogP contribution in [0.2, 0.25) is 5.02 Å². The summed E-state index contributed by atoms with van der Waals surface area (Å²) in [6, 6.07) is 7.42. The third-order valence-corrected chi connectivity index (χ3v) is 4.05. The van der Waals surface area contributed by atoms with Crippen molar-refractivity contribution in [3.8, 4) is 5.69 Å². The molecule has 0 aliphatic heterocycles. The van der Waals surface area contributed by atoms with Crippen molar-refractivity contribution in [1.29, 1.82) is 0 Å². The fourth-order valence-corrected chi connectivity index (χ4v) is 2.89. The highest BCUT2D eigenvalue weighted by Crippen LogP contribution is 2.27. The number of nitrogens with zero attached hydrogens (tertiary/aromatic N) is 1. The van der Waals surface area contributed by atoms with Gasteiger partial charge in [-0.05, 0) is 51.1 Å². The van der Waals surface area contributed by atoms with Crippen molar-refractivity contribution in [2.45, 2.75) is 33.7 Å². The molecule has 0 saturated carbocycles. The molecule has 0 fully saturated rings. The molecular weight excluding hydrogens is 300 g/mol. The molecule has 0 unspecified atom stereocenters. The smallest absolute Gasteiger partial charge is 0.337 e. The SMILES string of the molecule is CCCNCc1c(C(=O)O)c(C)n(-c2ccc(Cl)cc2)c1C. The summed E-state index contributed by atoms with van der Waals surface area (Å²) >= 11 is 5.94. The standard InChI is InChI=1S/C17H21ClN2O2/c1-4-9-19-10-15-11(2)20(12(3)16(15)17(21)22)14-7-5-13(18)6-8-14/h5-8,19H,4,9-10H2,1-3H3,(H,21,22). The molecule has 0 aliphatic carbocycles. The lowest BCUT2D eigenvalue weighted by atomic mass is 10.1. The fraction of sp³-hybridized carbons (Fsp3) is 0.353. The van der Waals surface area contributed by atoms with E-state index < -0.39 is 5.97 Å². The number of carboxylic acid groups (broad SMARTS) is 1. The molecule has 2 aromatic rings. The van der Waals surface area contributed by atoms with Crippen molar-refractivity contribution < 1.29 is 9.90 Å². The van der Waals surface area contributed by atoms with E-state index in [4.69, 9.17) is 11.6 Å². The molecule has 5 heteroatoms. The van der Waals surface area contributed by atoms with Gasteiger partial charge in [-0.25, -0.2) is 4.79 Å². The second kappa shape index (κ2) is 6.99. The van der Waals surface area contributed by atoms with E-state index in [9.17, 15) is 9.90 Å². The van der Waals surface area contributed by atoms with Crippen LogP contribution in [0.1, 0.15) is 40.7 Å². The summed E-state index contributed by atoms with van der Waals surface area (Å²) in [6.45, 7) is 7.31. The molecule has 0 bridgehead atoms. The van der Waals surface area contributed by atoms with E-state index >= 15 is 0 Å². The molecule has 0 amide bonds. The Balaban J connectivity index is 2.53. The predicted octanol–water partition coefficient (Wildman–Crippen LogP) is 3.95. The summed E-state index contributed by atoms with van der Waals surface area (Å²) in [5, 5.41) is 13.5. The number of rotatable bonds is 6. The number of halogens is 1. The van der Waals surface area contributed by atoms with E-state index in [1.54, 1.807) is 0 Å². The Kier molecular flexibility index (Phi) is 5.27. The highest BCUT2D eigenvalue weighted by atomic mass is 35.5. The average molecular weight is 321 g/mol. The van der Waals surface area contributed by atoms with Crippen LogP contribution < -0.4 is 5.32 Å². The van der Waals surface area contributed by atoms with Crippen molar-refractivity contribution in [3.05, 3.63) is 51.8 Å². The predicted molar refractivity (Wildman–Crippen MR) is 89.2 cm³/mol. The molecule has 0 saturated heterocycles. The number of hydrogen-bond acceptors (Lipinski definition) is 2. The van der Waals surface area contributed by atoms with Gasteiger partial charge >= 0.3 is 5.97 Å². The van der Waals surface area contributed by atoms with E-state index in [0.29, 0.717) is 17.1 Å². The van der Waals surface area contributed by atoms with E-state index in [1.807, 2.05) is 42.7 Å². The molecule has 0 spiro atoms. The van der Waals surface area contributed by atoms with Gasteiger partial charge in [0.2, 0.25) is 0 Å². The first-order chi connectivity index (χ1) is 10.5. The van der Waals surface area contributed by atoms with Gasteiger partial charge < -0.3 is 15.0 Å². The van der Waals surface area contributed by atoms with Crippen LogP contribution in [0, 0.1) is 13.8 Å². The van der Waals surface area contributed by atoms with Gasteiger partial charge in [-0.2, -0.15) is 0 Å². The van der Waals surface area contributed by atoms with Crippen LogP contribution in [-0.2, 0) is 6.54 Å². The summed E-state index contributed by atoms with van der Waals surface area (Å²) in [7, 11) is 0. The van der Waals surface area contributed by atoms with Crippen LogP contribution in [0.3, 0.4) is 0 Å². The number of benzene rings is 1. The molecule has 2 rings (SSSR count). The van der Waals surface area contributed by atoms with E-state index in [2.05, 4.69) is 12.2 Å². The Bertz CT molecular complexity index is 675. The number of carbonyl (C=O) groups is 1. The molecule has 22 heavy (non-hydrogen) atoms. The maximum atomic E-state index is 11.7. The summed E-state index contributed by atoms with van der Waals surface area (Å²) < 4.78 is 1.97. The van der Waals surface area contributed by atoms with Gasteiger partial charge in [-0.1, -0.05) is 18.5 Å². The van der Waals surface area contributed by atoms with Gasteiger partial charge in [-0.3, -0.25) is 0 Å². The van der Waals surface area contributed by atoms with Crippen molar-refractivity contribution in [2.75, 3.05) is 6.54 Å². The summed E-state index contributed by atoms with van der Waals surface area (Å²) in [4.78, 5) is 11.7. The topological polar surface area (TPSA) is 54.3 Å². The Morgan fingerprint density at radius 1 is 1.23 bits per heavy atom. The largest absolute Gasteiger partial charge is 0.478 e. The number of aromatic carboxylic acids is 1. The van der Waals surface area contributed by atoms with E-state index in [1.165, 1.54) is 0 Å². The van der Waals surface area contributed by atoms with Crippen LogP contribution >= 0.6 is 11.6 Å². The van der Waals surface area contributed by atoms with Gasteiger partial charge in [-0.15, -0.1) is 0 Å². The molecular formula is C17H21ClN2O2. The zero-order valence-corrected chi connectivity index (χ0v) is 13.9. The molecule has 118 valence electrons. The molecule has 0 atom stereocenters. The van der Waals surface area contributed by atoms with Crippen LogP contribution in [-0.4, -0.2) is 22.2 Å². The Morgan fingerprint density at radius 3 is 2.41 bits per heavy atom. The fourth-order valence-electron chi connectivity index (χ4n) is 2.77.